The van der Waals surface area contributed by atoms with Crippen LogP contribution in [0.25, 0.3) is 0 Å². The van der Waals surface area contributed by atoms with Crippen LogP contribution in [0.1, 0.15) is 40.4 Å². The third-order valence-electron chi connectivity index (χ3n) is 4.06. The van der Waals surface area contributed by atoms with Crippen molar-refractivity contribution in [1.82, 2.24) is 10.9 Å². The molecular formula is C20H23N5O4. The molecule has 3 N–H and O–H groups in total. The van der Waals surface area contributed by atoms with Crippen molar-refractivity contribution in [3.8, 4) is 6.07 Å². The Bertz CT molecular complexity index is 904. The number of amides is 2. The molecule has 29 heavy (non-hydrogen) atoms. The number of nitrogens with one attached hydrogen (secondary N) is 3. The number of hydrazine groups is 1. The summed E-state index contributed by atoms with van der Waals surface area (Å²) < 4.78 is 0. The predicted octanol–water partition coefficient (Wildman–Crippen LogP) is 2.98. The molecule has 0 unspecified atom stereocenters. The van der Waals surface area contributed by atoms with E-state index in [4.69, 9.17) is 5.26 Å². The van der Waals surface area contributed by atoms with Crippen molar-refractivity contribution in [3.63, 3.8) is 0 Å². The van der Waals surface area contributed by atoms with Crippen molar-refractivity contribution in [3.05, 3.63) is 68.8 Å². The number of hydrogen-bond acceptors (Lipinski definition) is 6. The highest BCUT2D eigenvalue weighted by Crippen LogP contribution is 2.21. The second-order valence-corrected chi connectivity index (χ2v) is 5.97. The molecule has 2 aromatic carbocycles. The van der Waals surface area contributed by atoms with Crippen molar-refractivity contribution in [2.24, 2.45) is 0 Å². The maximum Gasteiger partial charge on any atom is 0.269 e. The molecule has 0 aliphatic heterocycles. The molecule has 9 heteroatoms. The Morgan fingerprint density at radius 1 is 1.17 bits per heavy atom. The molecular weight excluding hydrogens is 374 g/mol. The molecule has 0 aliphatic rings. The molecule has 0 saturated carbocycles. The van der Waals surface area contributed by atoms with Crippen LogP contribution in [0.5, 0.6) is 0 Å². The monoisotopic (exact) mass is 397 g/mol. The zero-order valence-corrected chi connectivity index (χ0v) is 16.5. The summed E-state index contributed by atoms with van der Waals surface area (Å²) in [6.45, 7) is 7.16. The first-order valence-electron chi connectivity index (χ1n) is 8.83. The molecule has 0 saturated heterocycles. The summed E-state index contributed by atoms with van der Waals surface area (Å²) in [6, 6.07) is 11.0. The van der Waals surface area contributed by atoms with Crippen molar-refractivity contribution in [2.45, 2.75) is 27.2 Å². The number of rotatable bonds is 7. The molecule has 0 fully saturated rings. The van der Waals surface area contributed by atoms with Crippen LogP contribution in [-0.2, 0) is 4.79 Å². The molecule has 152 valence electrons. The maximum absolute atomic E-state index is 11.2. The molecule has 0 bridgehead atoms. The minimum atomic E-state index is -0.564. The van der Waals surface area contributed by atoms with Gasteiger partial charge >= 0.3 is 0 Å². The number of nitro benzene ring substituents is 1. The van der Waals surface area contributed by atoms with Gasteiger partial charge < -0.3 is 5.32 Å². The highest BCUT2D eigenvalue weighted by molar-refractivity contribution is 5.94. The average Bonchev–Trinajstić information content (AvgIpc) is 2.73. The van der Waals surface area contributed by atoms with Crippen molar-refractivity contribution >= 4 is 23.7 Å². The van der Waals surface area contributed by atoms with Crippen LogP contribution in [0.15, 0.2) is 36.4 Å². The molecule has 2 rings (SSSR count). The van der Waals surface area contributed by atoms with E-state index in [0.717, 1.165) is 29.8 Å². The van der Waals surface area contributed by atoms with Gasteiger partial charge in [0.05, 0.1) is 16.6 Å². The summed E-state index contributed by atoms with van der Waals surface area (Å²) >= 11 is 0. The van der Waals surface area contributed by atoms with E-state index in [1.807, 2.05) is 31.4 Å². The topological polar surface area (TPSA) is 137 Å². The second kappa shape index (κ2) is 11.7. The van der Waals surface area contributed by atoms with E-state index in [1.165, 1.54) is 29.8 Å². The molecule has 9 nitrogen and oxygen atoms in total. The van der Waals surface area contributed by atoms with E-state index in [1.54, 1.807) is 0 Å². The van der Waals surface area contributed by atoms with Gasteiger partial charge in [0, 0.05) is 29.9 Å². The molecule has 0 aromatic heterocycles. The number of carbonyl (C=O) groups is 2. The summed E-state index contributed by atoms with van der Waals surface area (Å²) in [6.07, 6.45) is 1.42. The third kappa shape index (κ3) is 6.95. The number of nitro groups is 1. The fourth-order valence-corrected chi connectivity index (χ4v) is 2.29. The third-order valence-corrected chi connectivity index (χ3v) is 4.06. The Hall–Kier alpha value is -3.93. The van der Waals surface area contributed by atoms with Crippen molar-refractivity contribution in [1.29, 1.82) is 5.26 Å². The van der Waals surface area contributed by atoms with Gasteiger partial charge in [-0.05, 0) is 55.7 Å². The summed E-state index contributed by atoms with van der Waals surface area (Å²) in [5.41, 5.74) is 8.32. The molecule has 2 aromatic rings. The Kier molecular flexibility index (Phi) is 9.33. The lowest BCUT2D eigenvalue weighted by Gasteiger charge is -2.11. The minimum Gasteiger partial charge on any atom is -0.385 e. The zero-order valence-electron chi connectivity index (χ0n) is 16.5. The predicted molar refractivity (Wildman–Crippen MR) is 109 cm³/mol. The highest BCUT2D eigenvalue weighted by Gasteiger charge is 2.08. The number of anilines is 1. The number of nitriles is 1. The van der Waals surface area contributed by atoms with Gasteiger partial charge in [0.2, 0.25) is 6.41 Å². The lowest BCUT2D eigenvalue weighted by atomic mass is 10.0. The highest BCUT2D eigenvalue weighted by atomic mass is 16.6. The molecule has 0 radical (unpaired) electrons. The van der Waals surface area contributed by atoms with E-state index in [9.17, 15) is 19.7 Å². The van der Waals surface area contributed by atoms with Gasteiger partial charge in [0.25, 0.3) is 11.6 Å². The quantitative estimate of drug-likeness (QED) is 0.373. The first kappa shape index (κ1) is 23.1. The fraction of sp³-hybridized carbons (Fsp3) is 0.250. The van der Waals surface area contributed by atoms with E-state index < -0.39 is 10.8 Å². The van der Waals surface area contributed by atoms with Crippen LogP contribution < -0.4 is 16.2 Å². The molecule has 0 spiro atoms. The van der Waals surface area contributed by atoms with Gasteiger partial charge in [0.15, 0.2) is 0 Å². The molecule has 0 heterocycles. The SMILES string of the molecule is CCCNc1ccc(C#N)c(C)c1C.O=CNNC(=O)c1ccc([N+](=O)[O-])cc1. The van der Waals surface area contributed by atoms with Crippen LogP contribution in [0.3, 0.4) is 0 Å². The van der Waals surface area contributed by atoms with Crippen LogP contribution in [0.4, 0.5) is 11.4 Å². The molecule has 0 atom stereocenters. The first-order chi connectivity index (χ1) is 13.8. The number of non-ortho nitro benzene ring substituents is 1. The summed E-state index contributed by atoms with van der Waals surface area (Å²) in [5.74, 6) is -0.544. The first-order valence-corrected chi connectivity index (χ1v) is 8.83. The number of benzene rings is 2. The van der Waals surface area contributed by atoms with E-state index in [0.29, 0.717) is 6.41 Å². The van der Waals surface area contributed by atoms with Crippen LogP contribution in [-0.4, -0.2) is 23.8 Å². The largest absolute Gasteiger partial charge is 0.385 e. The van der Waals surface area contributed by atoms with Gasteiger partial charge in [0.1, 0.15) is 0 Å². The van der Waals surface area contributed by atoms with E-state index in [2.05, 4.69) is 23.7 Å². The maximum atomic E-state index is 11.2. The molecule has 2 amide bonds. The van der Waals surface area contributed by atoms with Gasteiger partial charge in [-0.1, -0.05) is 6.92 Å². The van der Waals surface area contributed by atoms with Crippen LogP contribution in [0, 0.1) is 35.3 Å². The van der Waals surface area contributed by atoms with E-state index in [-0.39, 0.29) is 11.3 Å². The zero-order chi connectivity index (χ0) is 21.8. The van der Waals surface area contributed by atoms with Gasteiger partial charge in [-0.25, -0.2) is 0 Å². The van der Waals surface area contributed by atoms with Gasteiger partial charge in [-0.2, -0.15) is 5.26 Å². The van der Waals surface area contributed by atoms with Gasteiger partial charge in [-0.15, -0.1) is 0 Å². The van der Waals surface area contributed by atoms with Crippen LogP contribution >= 0.6 is 0 Å². The number of nitrogens with zero attached hydrogens (tertiary/aromatic N) is 2. The Morgan fingerprint density at radius 2 is 1.83 bits per heavy atom. The molecule has 0 aliphatic carbocycles. The Labute approximate surface area is 168 Å². The summed E-state index contributed by atoms with van der Waals surface area (Å²) in [5, 5.41) is 22.5. The minimum absolute atomic E-state index is 0.102. The van der Waals surface area contributed by atoms with Crippen molar-refractivity contribution in [2.75, 3.05) is 11.9 Å². The van der Waals surface area contributed by atoms with Crippen LogP contribution in [0.2, 0.25) is 0 Å². The number of hydrogen-bond donors (Lipinski definition) is 3. The van der Waals surface area contributed by atoms with Gasteiger partial charge in [-0.3, -0.25) is 30.6 Å². The summed E-state index contributed by atoms with van der Waals surface area (Å²) in [7, 11) is 0. The normalized spacial score (nSPS) is 9.31. The van der Waals surface area contributed by atoms with Crippen molar-refractivity contribution < 1.29 is 14.5 Å². The Balaban J connectivity index is 0.000000291. The summed E-state index contributed by atoms with van der Waals surface area (Å²) in [4.78, 5) is 30.8. The van der Waals surface area contributed by atoms with E-state index >= 15 is 0 Å². The average molecular weight is 397 g/mol. The standard InChI is InChI=1S/C12H16N2.C8H7N3O4/c1-4-7-14-12-6-5-11(8-13)9(2)10(12)3;12-5-9-10-8(13)6-1-3-7(4-2-6)11(14)15/h5-6,14H,4,7H2,1-3H3;1-5H,(H,9,12)(H,10,13). The second-order valence-electron chi connectivity index (χ2n) is 5.97. The smallest absolute Gasteiger partial charge is 0.269 e. The number of carbonyl (C=O) groups excluding carboxylic acids is 2. The Morgan fingerprint density at radius 3 is 2.34 bits per heavy atom. The lowest BCUT2D eigenvalue weighted by Crippen LogP contribution is -2.36. The lowest BCUT2D eigenvalue weighted by molar-refractivity contribution is -0.384. The fourth-order valence-electron chi connectivity index (χ4n) is 2.29.